The fourth-order valence-electron chi connectivity index (χ4n) is 2.31. The number of esters is 1. The van der Waals surface area contributed by atoms with Crippen molar-refractivity contribution in [3.8, 4) is 0 Å². The third kappa shape index (κ3) is 4.53. The molecule has 138 valence electrons. The normalized spacial score (nSPS) is 10.4. The number of aromatic nitrogens is 1. The number of thiazole rings is 1. The molecule has 8 heteroatoms. The number of nitrogen functional groups attached to an aromatic ring is 1. The first-order valence-corrected chi connectivity index (χ1v) is 9.69. The molecular formula is C19H16BrN3O3S. The molecule has 0 saturated carbocycles. The van der Waals surface area contributed by atoms with Gasteiger partial charge in [0.15, 0.2) is 5.13 Å². The number of halogens is 1. The molecule has 3 N–H and O–H groups in total. The van der Waals surface area contributed by atoms with Crippen molar-refractivity contribution in [3.63, 3.8) is 0 Å². The van der Waals surface area contributed by atoms with Crippen LogP contribution in [-0.2, 0) is 4.74 Å². The maximum absolute atomic E-state index is 12.6. The van der Waals surface area contributed by atoms with E-state index in [9.17, 15) is 9.59 Å². The van der Waals surface area contributed by atoms with Crippen LogP contribution in [-0.4, -0.2) is 23.3 Å². The van der Waals surface area contributed by atoms with Crippen molar-refractivity contribution in [1.82, 2.24) is 4.98 Å². The highest BCUT2D eigenvalue weighted by molar-refractivity contribution is 9.10. The number of carbonyl (C=O) groups is 2. The number of ether oxygens (including phenoxy) is 1. The second-order valence-corrected chi connectivity index (χ2v) is 7.41. The van der Waals surface area contributed by atoms with Gasteiger partial charge in [-0.15, -0.1) is 0 Å². The minimum Gasteiger partial charge on any atom is -0.462 e. The van der Waals surface area contributed by atoms with E-state index in [2.05, 4.69) is 26.2 Å². The number of nitrogens with one attached hydrogen (secondary N) is 1. The second-order valence-electron chi connectivity index (χ2n) is 5.49. The third-order valence-corrected chi connectivity index (χ3v) is 5.13. The van der Waals surface area contributed by atoms with Gasteiger partial charge in [0.25, 0.3) is 0 Å². The predicted octanol–water partition coefficient (Wildman–Crippen LogP) is 4.64. The number of benzene rings is 2. The Kier molecular flexibility index (Phi) is 5.88. The van der Waals surface area contributed by atoms with Crippen LogP contribution in [0.3, 0.4) is 0 Å². The second kappa shape index (κ2) is 8.32. The molecule has 0 unspecified atom stereocenters. The average Bonchev–Trinajstić information content (AvgIpc) is 3.02. The monoisotopic (exact) mass is 445 g/mol. The maximum atomic E-state index is 12.6. The van der Waals surface area contributed by atoms with E-state index in [1.807, 2.05) is 0 Å². The molecule has 0 spiro atoms. The van der Waals surface area contributed by atoms with Crippen molar-refractivity contribution in [2.24, 2.45) is 0 Å². The van der Waals surface area contributed by atoms with Gasteiger partial charge in [0.2, 0.25) is 5.78 Å². The van der Waals surface area contributed by atoms with Crippen LogP contribution in [0.15, 0.2) is 53.0 Å². The number of carbonyl (C=O) groups excluding carboxylic acids is 2. The van der Waals surface area contributed by atoms with Crippen LogP contribution in [0.1, 0.15) is 32.5 Å². The molecule has 27 heavy (non-hydrogen) atoms. The zero-order valence-corrected chi connectivity index (χ0v) is 16.8. The van der Waals surface area contributed by atoms with Crippen LogP contribution in [0.25, 0.3) is 0 Å². The molecule has 0 aliphatic heterocycles. The van der Waals surface area contributed by atoms with Crippen LogP contribution in [0, 0.1) is 0 Å². The van der Waals surface area contributed by atoms with E-state index in [0.717, 1.165) is 10.2 Å². The molecule has 2 aromatic carbocycles. The van der Waals surface area contributed by atoms with Gasteiger partial charge in [0.05, 0.1) is 12.2 Å². The Morgan fingerprint density at radius 2 is 1.74 bits per heavy atom. The summed E-state index contributed by atoms with van der Waals surface area (Å²) in [6.07, 6.45) is 0. The van der Waals surface area contributed by atoms with Crippen LogP contribution in [0.4, 0.5) is 16.6 Å². The maximum Gasteiger partial charge on any atom is 0.338 e. The van der Waals surface area contributed by atoms with E-state index < -0.39 is 0 Å². The standard InChI is InChI=1S/C19H16BrN3O3S/c1-2-26-18(25)12-5-9-14(10-6-12)22-19-23-17(21)16(27-19)15(24)11-3-7-13(20)8-4-11/h3-10H,2,21H2,1H3,(H,22,23). The number of hydrogen-bond acceptors (Lipinski definition) is 7. The molecule has 1 aromatic heterocycles. The summed E-state index contributed by atoms with van der Waals surface area (Å²) in [6, 6.07) is 13.8. The first-order valence-electron chi connectivity index (χ1n) is 8.08. The number of ketones is 1. The Morgan fingerprint density at radius 1 is 1.11 bits per heavy atom. The van der Waals surface area contributed by atoms with Crippen molar-refractivity contribution < 1.29 is 14.3 Å². The minimum atomic E-state index is -0.370. The van der Waals surface area contributed by atoms with Gasteiger partial charge in [-0.25, -0.2) is 9.78 Å². The van der Waals surface area contributed by atoms with Gasteiger partial charge in [-0.2, -0.15) is 0 Å². The fraction of sp³-hybridized carbons (Fsp3) is 0.105. The summed E-state index contributed by atoms with van der Waals surface area (Å²) in [4.78, 5) is 28.9. The Balaban J connectivity index is 1.75. The Hall–Kier alpha value is -2.71. The Morgan fingerprint density at radius 3 is 2.37 bits per heavy atom. The molecule has 0 radical (unpaired) electrons. The lowest BCUT2D eigenvalue weighted by molar-refractivity contribution is 0.0526. The summed E-state index contributed by atoms with van der Waals surface area (Å²) < 4.78 is 5.85. The molecule has 3 rings (SSSR count). The number of nitrogens with zero attached hydrogens (tertiary/aromatic N) is 1. The first-order chi connectivity index (χ1) is 13.0. The summed E-state index contributed by atoms with van der Waals surface area (Å²) in [5.41, 5.74) is 7.66. The zero-order valence-electron chi connectivity index (χ0n) is 14.4. The van der Waals surface area contributed by atoms with Gasteiger partial charge in [-0.05, 0) is 55.5 Å². The van der Waals surface area contributed by atoms with Crippen molar-refractivity contribution in [2.45, 2.75) is 6.92 Å². The van der Waals surface area contributed by atoms with E-state index >= 15 is 0 Å². The van der Waals surface area contributed by atoms with E-state index in [4.69, 9.17) is 10.5 Å². The third-order valence-electron chi connectivity index (χ3n) is 3.61. The van der Waals surface area contributed by atoms with Crippen LogP contribution < -0.4 is 11.1 Å². The highest BCUT2D eigenvalue weighted by Crippen LogP contribution is 2.30. The molecule has 0 aliphatic carbocycles. The van der Waals surface area contributed by atoms with Gasteiger partial charge >= 0.3 is 5.97 Å². The highest BCUT2D eigenvalue weighted by atomic mass is 79.9. The first kappa shape index (κ1) is 19.1. The largest absolute Gasteiger partial charge is 0.462 e. The number of hydrogen-bond donors (Lipinski definition) is 2. The van der Waals surface area contributed by atoms with Crippen LogP contribution >= 0.6 is 27.3 Å². The van der Waals surface area contributed by atoms with Gasteiger partial charge in [-0.3, -0.25) is 4.79 Å². The lowest BCUT2D eigenvalue weighted by Crippen LogP contribution is -2.04. The molecule has 0 atom stereocenters. The summed E-state index contributed by atoms with van der Waals surface area (Å²) in [7, 11) is 0. The van der Waals surface area contributed by atoms with E-state index in [0.29, 0.717) is 27.7 Å². The number of rotatable bonds is 6. The molecule has 3 aromatic rings. The molecule has 0 saturated heterocycles. The molecular weight excluding hydrogens is 430 g/mol. The number of anilines is 3. The lowest BCUT2D eigenvalue weighted by atomic mass is 10.1. The molecule has 0 bridgehead atoms. The molecule has 1 heterocycles. The molecule has 6 nitrogen and oxygen atoms in total. The minimum absolute atomic E-state index is 0.178. The van der Waals surface area contributed by atoms with E-state index in [1.54, 1.807) is 55.5 Å². The summed E-state index contributed by atoms with van der Waals surface area (Å²) in [6.45, 7) is 2.08. The van der Waals surface area contributed by atoms with E-state index in [1.165, 1.54) is 11.3 Å². The van der Waals surface area contributed by atoms with Gasteiger partial charge in [-0.1, -0.05) is 27.3 Å². The fourth-order valence-corrected chi connectivity index (χ4v) is 3.44. The van der Waals surface area contributed by atoms with Gasteiger partial charge < -0.3 is 15.8 Å². The number of nitrogens with two attached hydrogens (primary N) is 1. The molecule has 0 aliphatic rings. The Bertz CT molecular complexity index is 969. The predicted molar refractivity (Wildman–Crippen MR) is 110 cm³/mol. The zero-order chi connectivity index (χ0) is 19.4. The quantitative estimate of drug-likeness (QED) is 0.423. The van der Waals surface area contributed by atoms with Crippen molar-refractivity contribution >= 4 is 55.7 Å². The van der Waals surface area contributed by atoms with Crippen LogP contribution in [0.2, 0.25) is 0 Å². The summed E-state index contributed by atoms with van der Waals surface area (Å²) >= 11 is 4.52. The lowest BCUT2D eigenvalue weighted by Gasteiger charge is -2.04. The van der Waals surface area contributed by atoms with Gasteiger partial charge in [0, 0.05) is 15.7 Å². The summed E-state index contributed by atoms with van der Waals surface area (Å²) in [5.74, 6) is -0.369. The van der Waals surface area contributed by atoms with Crippen LogP contribution in [0.5, 0.6) is 0 Å². The highest BCUT2D eigenvalue weighted by Gasteiger charge is 2.18. The molecule has 0 amide bonds. The van der Waals surface area contributed by atoms with Gasteiger partial charge in [0.1, 0.15) is 10.7 Å². The average molecular weight is 446 g/mol. The van der Waals surface area contributed by atoms with Crippen molar-refractivity contribution in [3.05, 3.63) is 69.0 Å². The topological polar surface area (TPSA) is 94.3 Å². The smallest absolute Gasteiger partial charge is 0.338 e. The van der Waals surface area contributed by atoms with E-state index in [-0.39, 0.29) is 17.6 Å². The molecule has 0 fully saturated rings. The SMILES string of the molecule is CCOC(=O)c1ccc(Nc2nc(N)c(C(=O)c3ccc(Br)cc3)s2)cc1. The Labute approximate surface area is 168 Å². The van der Waals surface area contributed by atoms with Crippen molar-refractivity contribution in [1.29, 1.82) is 0 Å². The summed E-state index contributed by atoms with van der Waals surface area (Å²) in [5, 5.41) is 3.59. The van der Waals surface area contributed by atoms with Crippen molar-refractivity contribution in [2.75, 3.05) is 17.7 Å².